The number of rotatable bonds is 6. The van der Waals surface area contributed by atoms with Gasteiger partial charge in [-0.15, -0.1) is 0 Å². The van der Waals surface area contributed by atoms with Crippen LogP contribution in [0.2, 0.25) is 0 Å². The van der Waals surface area contributed by atoms with Gasteiger partial charge in [0.2, 0.25) is 0 Å². The average molecular weight is 275 g/mol. The quantitative estimate of drug-likeness (QED) is 0.861. The fourth-order valence-electron chi connectivity index (χ4n) is 2.29. The highest BCUT2D eigenvalue weighted by molar-refractivity contribution is 7.08. The first kappa shape index (κ1) is 14.1. The molecule has 1 N–H and O–H groups in total. The number of ether oxygens (including phenoxy) is 1. The Morgan fingerprint density at radius 3 is 2.47 bits per heavy atom. The van der Waals surface area contributed by atoms with Crippen LogP contribution < -0.4 is 10.1 Å². The van der Waals surface area contributed by atoms with Crippen LogP contribution in [0.1, 0.15) is 29.2 Å². The summed E-state index contributed by atoms with van der Waals surface area (Å²) in [5.74, 6) is 0.919. The van der Waals surface area contributed by atoms with Crippen LogP contribution in [0.25, 0.3) is 0 Å². The van der Waals surface area contributed by atoms with Gasteiger partial charge in [0, 0.05) is 6.04 Å². The van der Waals surface area contributed by atoms with Crippen LogP contribution >= 0.6 is 11.3 Å². The van der Waals surface area contributed by atoms with E-state index in [1.165, 1.54) is 16.7 Å². The highest BCUT2D eigenvalue weighted by Crippen LogP contribution is 2.25. The van der Waals surface area contributed by atoms with Crippen LogP contribution in [0.4, 0.5) is 0 Å². The zero-order chi connectivity index (χ0) is 13.7. The number of hydrogen-bond acceptors (Lipinski definition) is 3. The number of methoxy groups -OCH3 is 1. The lowest BCUT2D eigenvalue weighted by Crippen LogP contribution is -2.17. The Morgan fingerprint density at radius 2 is 1.95 bits per heavy atom. The second-order valence-electron chi connectivity index (χ2n) is 4.74. The zero-order valence-electron chi connectivity index (χ0n) is 11.8. The van der Waals surface area contributed by atoms with E-state index in [1.54, 1.807) is 18.4 Å². The van der Waals surface area contributed by atoms with Crippen LogP contribution in [-0.2, 0) is 6.42 Å². The van der Waals surface area contributed by atoms with E-state index in [2.05, 4.69) is 35.1 Å². The van der Waals surface area contributed by atoms with Crippen LogP contribution in [-0.4, -0.2) is 14.2 Å². The Hall–Kier alpha value is -1.32. The molecule has 0 aliphatic rings. The molecule has 1 aromatic carbocycles. The maximum atomic E-state index is 5.18. The van der Waals surface area contributed by atoms with E-state index in [-0.39, 0.29) is 0 Å². The van der Waals surface area contributed by atoms with Gasteiger partial charge in [-0.25, -0.2) is 0 Å². The average Bonchev–Trinajstić information content (AvgIpc) is 2.87. The van der Waals surface area contributed by atoms with E-state index in [0.717, 1.165) is 18.6 Å². The van der Waals surface area contributed by atoms with Gasteiger partial charge < -0.3 is 10.1 Å². The summed E-state index contributed by atoms with van der Waals surface area (Å²) in [6, 6.07) is 8.78. The summed E-state index contributed by atoms with van der Waals surface area (Å²) < 4.78 is 5.18. The molecule has 0 amide bonds. The fraction of sp³-hybridized carbons (Fsp3) is 0.375. The first-order chi connectivity index (χ1) is 9.24. The highest BCUT2D eigenvalue weighted by atomic mass is 32.1. The summed E-state index contributed by atoms with van der Waals surface area (Å²) in [5, 5.41) is 7.89. The van der Waals surface area contributed by atoms with E-state index in [9.17, 15) is 0 Å². The van der Waals surface area contributed by atoms with E-state index >= 15 is 0 Å². The molecule has 19 heavy (non-hydrogen) atoms. The molecule has 102 valence electrons. The summed E-state index contributed by atoms with van der Waals surface area (Å²) in [6.45, 7) is 2.18. The molecule has 1 unspecified atom stereocenters. The molecule has 0 aliphatic carbocycles. The number of benzene rings is 1. The zero-order valence-corrected chi connectivity index (χ0v) is 12.6. The summed E-state index contributed by atoms with van der Waals surface area (Å²) in [5.41, 5.74) is 4.18. The van der Waals surface area contributed by atoms with Gasteiger partial charge in [-0.3, -0.25) is 0 Å². The number of aryl methyl sites for hydroxylation is 2. The van der Waals surface area contributed by atoms with Crippen molar-refractivity contribution >= 4 is 11.3 Å². The maximum absolute atomic E-state index is 5.18. The smallest absolute Gasteiger partial charge is 0.118 e. The lowest BCUT2D eigenvalue weighted by Gasteiger charge is -2.16. The van der Waals surface area contributed by atoms with Gasteiger partial charge in [-0.2, -0.15) is 11.3 Å². The lowest BCUT2D eigenvalue weighted by atomic mass is 9.99. The minimum absolute atomic E-state index is 0.438. The van der Waals surface area contributed by atoms with Crippen molar-refractivity contribution in [2.24, 2.45) is 0 Å². The van der Waals surface area contributed by atoms with Gasteiger partial charge in [-0.1, -0.05) is 12.1 Å². The van der Waals surface area contributed by atoms with Gasteiger partial charge in [0.1, 0.15) is 5.75 Å². The van der Waals surface area contributed by atoms with E-state index in [0.29, 0.717) is 6.04 Å². The molecule has 1 aromatic heterocycles. The van der Waals surface area contributed by atoms with Gasteiger partial charge in [-0.05, 0) is 66.4 Å². The molecule has 0 spiro atoms. The summed E-state index contributed by atoms with van der Waals surface area (Å²) in [6.07, 6.45) is 2.19. The third-order valence-corrected chi connectivity index (χ3v) is 4.38. The Balaban J connectivity index is 1.98. The standard InChI is InChI=1S/C16H21NOS/c1-12-10-19-11-15(12)16(17-2)9-6-13-4-7-14(18-3)8-5-13/h4-5,7-8,10-11,16-17H,6,9H2,1-3H3. The molecule has 0 radical (unpaired) electrons. The van der Waals surface area contributed by atoms with E-state index < -0.39 is 0 Å². The minimum atomic E-state index is 0.438. The van der Waals surface area contributed by atoms with Crippen LogP contribution in [0.3, 0.4) is 0 Å². The molecule has 3 heteroatoms. The SMILES string of the molecule is CNC(CCc1ccc(OC)cc1)c1cscc1C. The third kappa shape index (κ3) is 3.58. The van der Waals surface area contributed by atoms with Gasteiger partial charge in [0.25, 0.3) is 0 Å². The Morgan fingerprint density at radius 1 is 1.21 bits per heavy atom. The summed E-state index contributed by atoms with van der Waals surface area (Å²) in [4.78, 5) is 0. The molecule has 2 aromatic rings. The van der Waals surface area contributed by atoms with Gasteiger partial charge >= 0.3 is 0 Å². The van der Waals surface area contributed by atoms with Crippen molar-refractivity contribution < 1.29 is 4.74 Å². The molecule has 0 bridgehead atoms. The van der Waals surface area contributed by atoms with Crippen LogP contribution in [0.5, 0.6) is 5.75 Å². The number of hydrogen-bond donors (Lipinski definition) is 1. The number of nitrogens with one attached hydrogen (secondary N) is 1. The fourth-order valence-corrected chi connectivity index (χ4v) is 3.19. The van der Waals surface area contributed by atoms with Crippen LogP contribution in [0.15, 0.2) is 35.0 Å². The lowest BCUT2D eigenvalue weighted by molar-refractivity contribution is 0.414. The molecule has 1 heterocycles. The predicted molar refractivity (Wildman–Crippen MR) is 82.2 cm³/mol. The molecule has 2 rings (SSSR count). The van der Waals surface area contributed by atoms with Gasteiger partial charge in [0.05, 0.1) is 7.11 Å². The largest absolute Gasteiger partial charge is 0.497 e. The van der Waals surface area contributed by atoms with Crippen molar-refractivity contribution in [3.05, 3.63) is 51.7 Å². The monoisotopic (exact) mass is 275 g/mol. The van der Waals surface area contributed by atoms with Gasteiger partial charge in [0.15, 0.2) is 0 Å². The topological polar surface area (TPSA) is 21.3 Å². The van der Waals surface area contributed by atoms with Crippen LogP contribution in [0, 0.1) is 6.92 Å². The second kappa shape index (κ2) is 6.73. The third-order valence-electron chi connectivity index (χ3n) is 3.50. The highest BCUT2D eigenvalue weighted by Gasteiger charge is 2.12. The first-order valence-corrected chi connectivity index (χ1v) is 7.51. The predicted octanol–water partition coefficient (Wildman–Crippen LogP) is 3.96. The first-order valence-electron chi connectivity index (χ1n) is 6.57. The molecule has 1 atom stereocenters. The maximum Gasteiger partial charge on any atom is 0.118 e. The van der Waals surface area contributed by atoms with Crippen molar-refractivity contribution in [3.63, 3.8) is 0 Å². The molecule has 0 fully saturated rings. The Labute approximate surface area is 119 Å². The normalized spacial score (nSPS) is 12.4. The molecular formula is C16H21NOS. The van der Waals surface area contributed by atoms with Crippen molar-refractivity contribution in [1.29, 1.82) is 0 Å². The summed E-state index contributed by atoms with van der Waals surface area (Å²) >= 11 is 1.78. The second-order valence-corrected chi connectivity index (χ2v) is 5.48. The molecule has 0 saturated carbocycles. The Kier molecular flexibility index (Phi) is 5.00. The van der Waals surface area contributed by atoms with Crippen molar-refractivity contribution in [2.45, 2.75) is 25.8 Å². The molecular weight excluding hydrogens is 254 g/mol. The van der Waals surface area contributed by atoms with Crippen molar-refractivity contribution in [3.8, 4) is 5.75 Å². The molecule has 0 saturated heterocycles. The van der Waals surface area contributed by atoms with E-state index in [1.807, 2.05) is 19.2 Å². The van der Waals surface area contributed by atoms with Crippen molar-refractivity contribution in [1.82, 2.24) is 5.32 Å². The minimum Gasteiger partial charge on any atom is -0.497 e. The summed E-state index contributed by atoms with van der Waals surface area (Å²) in [7, 11) is 3.74. The molecule has 2 nitrogen and oxygen atoms in total. The molecule has 0 aliphatic heterocycles. The van der Waals surface area contributed by atoms with E-state index in [4.69, 9.17) is 4.74 Å². The number of thiophene rings is 1. The van der Waals surface area contributed by atoms with Crippen molar-refractivity contribution in [2.75, 3.05) is 14.2 Å². The Bertz CT molecular complexity index is 504.